The zero-order valence-electron chi connectivity index (χ0n) is 42.1. The largest absolute Gasteiger partial charge is 0.504 e. The molecule has 4 atom stereocenters. The highest BCUT2D eigenvalue weighted by Gasteiger charge is 2.24. The number of nitrogens with zero attached hydrogens (tertiary/aromatic N) is 2. The van der Waals surface area contributed by atoms with Crippen molar-refractivity contribution >= 4 is 11.8 Å². The number of methoxy groups -OCH3 is 3. The van der Waals surface area contributed by atoms with Gasteiger partial charge in [-0.3, -0.25) is 9.59 Å². The summed E-state index contributed by atoms with van der Waals surface area (Å²) in [5, 5.41) is 10.1. The van der Waals surface area contributed by atoms with Crippen LogP contribution in [0.15, 0.2) is 60.7 Å². The lowest BCUT2D eigenvalue weighted by Crippen LogP contribution is -2.32. The fourth-order valence-electron chi connectivity index (χ4n) is 7.33. The number of phenolic OH excluding ortho intramolecular Hbond substituents is 1. The third-order valence-corrected chi connectivity index (χ3v) is 11.8. The number of aromatic hydroxyl groups is 1. The van der Waals surface area contributed by atoms with E-state index in [1.54, 1.807) is 37.2 Å². The van der Waals surface area contributed by atoms with Gasteiger partial charge >= 0.3 is 0 Å². The highest BCUT2D eigenvalue weighted by atomic mass is 16.5. The minimum atomic E-state index is 0.0265. The summed E-state index contributed by atoms with van der Waals surface area (Å²) in [6.07, 6.45) is 15.9. The van der Waals surface area contributed by atoms with E-state index in [0.29, 0.717) is 67.7 Å². The molecule has 0 saturated heterocycles. The Kier molecular flexibility index (Phi) is 28.7. The second-order valence-electron chi connectivity index (χ2n) is 18.6. The Morgan fingerprint density at radius 1 is 0.540 bits per heavy atom. The maximum absolute atomic E-state index is 12.4. The molecule has 1 N–H and O–H groups in total. The highest BCUT2D eigenvalue weighted by molar-refractivity contribution is 5.79. The van der Waals surface area contributed by atoms with Crippen LogP contribution in [0.25, 0.3) is 0 Å². The smallest absolute Gasteiger partial charge is 0.225 e. The van der Waals surface area contributed by atoms with Gasteiger partial charge in [-0.25, -0.2) is 0 Å². The molecular weight excluding hydrogens is 793 g/mol. The van der Waals surface area contributed by atoms with Crippen LogP contribution in [0, 0.1) is 47.3 Å². The normalized spacial score (nSPS) is 13.6. The summed E-state index contributed by atoms with van der Waals surface area (Å²) in [6.45, 7) is 19.9. The van der Waals surface area contributed by atoms with Gasteiger partial charge in [0, 0.05) is 80.3 Å². The first kappa shape index (κ1) is 57.0. The fraction of sp³-hybridized carbons (Fsp3) is 0.660. The van der Waals surface area contributed by atoms with Gasteiger partial charge in [0.15, 0.2) is 23.0 Å². The zero-order valence-corrected chi connectivity index (χ0v) is 42.1. The van der Waals surface area contributed by atoms with E-state index in [1.807, 2.05) is 46.4 Å². The van der Waals surface area contributed by atoms with Crippen LogP contribution in [-0.2, 0) is 31.9 Å². The lowest BCUT2D eigenvalue weighted by Gasteiger charge is -2.23. The Balaban J connectivity index is 0.000000630. The molecule has 0 aliphatic heterocycles. The van der Waals surface area contributed by atoms with Crippen molar-refractivity contribution in [1.82, 2.24) is 9.80 Å². The molecular formula is C53H88N2O8. The number of allylic oxidation sites excluding steroid dienone is 4. The summed E-state index contributed by atoms with van der Waals surface area (Å²) in [6, 6.07) is 11.9. The molecule has 0 heterocycles. The van der Waals surface area contributed by atoms with E-state index in [9.17, 15) is 14.7 Å². The molecule has 2 aromatic carbocycles. The molecule has 358 valence electrons. The van der Waals surface area contributed by atoms with Crippen molar-refractivity contribution in [2.45, 2.75) is 107 Å². The molecule has 0 fully saturated rings. The Hall–Kier alpha value is -4.02. The van der Waals surface area contributed by atoms with Gasteiger partial charge in [0.25, 0.3) is 0 Å². The van der Waals surface area contributed by atoms with Crippen molar-refractivity contribution < 1.29 is 38.4 Å². The monoisotopic (exact) mass is 881 g/mol. The molecule has 10 nitrogen and oxygen atoms in total. The number of rotatable bonds is 29. The Morgan fingerprint density at radius 2 is 0.937 bits per heavy atom. The van der Waals surface area contributed by atoms with E-state index >= 15 is 0 Å². The van der Waals surface area contributed by atoms with Crippen LogP contribution in [-0.4, -0.2) is 103 Å². The van der Waals surface area contributed by atoms with Gasteiger partial charge in [0.2, 0.25) is 11.8 Å². The number of benzene rings is 2. The summed E-state index contributed by atoms with van der Waals surface area (Å²) in [5.41, 5.74) is 2.41. The maximum Gasteiger partial charge on any atom is 0.225 e. The SMILES string of the molecule is COCCCOc1cc(C[C@@H](C/C=C/C[C@H](C(=O)N(C)C)C(C)C)C(C)C)ccc1O.COCCCOc1cc(C[C@@H](C/C=C/C[C@H](C(=O)N(C)C)C(C)C)C(C)C)ccc1OC. The number of phenols is 1. The van der Waals surface area contributed by atoms with E-state index in [2.05, 4.69) is 91.8 Å². The lowest BCUT2D eigenvalue weighted by atomic mass is 9.85. The van der Waals surface area contributed by atoms with Gasteiger partial charge in [-0.15, -0.1) is 0 Å². The predicted molar refractivity (Wildman–Crippen MR) is 260 cm³/mol. The van der Waals surface area contributed by atoms with Crippen LogP contribution in [0.4, 0.5) is 0 Å². The van der Waals surface area contributed by atoms with Crippen LogP contribution in [0.2, 0.25) is 0 Å². The van der Waals surface area contributed by atoms with E-state index in [4.69, 9.17) is 23.7 Å². The Morgan fingerprint density at radius 3 is 1.32 bits per heavy atom. The summed E-state index contributed by atoms with van der Waals surface area (Å²) in [5.74, 6) is 5.45. The van der Waals surface area contributed by atoms with Crippen LogP contribution < -0.4 is 14.2 Å². The number of amides is 2. The van der Waals surface area contributed by atoms with E-state index < -0.39 is 0 Å². The minimum Gasteiger partial charge on any atom is -0.504 e. The van der Waals surface area contributed by atoms with E-state index in [-0.39, 0.29) is 29.4 Å². The Labute approximate surface area is 383 Å². The third kappa shape index (κ3) is 22.4. The summed E-state index contributed by atoms with van der Waals surface area (Å²) in [7, 11) is 12.4. The predicted octanol–water partition coefficient (Wildman–Crippen LogP) is 10.9. The second kappa shape index (κ2) is 31.8. The van der Waals surface area contributed by atoms with Crippen LogP contribution in [0.1, 0.15) is 105 Å². The van der Waals surface area contributed by atoms with Gasteiger partial charge in [0.1, 0.15) is 0 Å². The standard InChI is InChI=1S/C27H45NO4.C26H43NO4/c1-20(2)23(12-9-10-13-24(21(3)4)27(29)28(5)6)18-22-14-15-25(31-8)26(19-22)32-17-11-16-30-7;1-19(2)22(11-8-9-12-23(20(3)4)26(29)27(5)6)17-21-13-14-24(28)25(18-21)31-16-10-15-30-7/h9-10,14-15,19-21,23-24H,11-13,16-18H2,1-8H3;8-9,13-14,18-20,22-23,28H,10-12,15-17H2,1-7H3/b10-9+;9-8+/t23-,24+;22-,23+/m11/s1. The first-order chi connectivity index (χ1) is 29.9. The first-order valence-corrected chi connectivity index (χ1v) is 23.3. The number of hydrogen-bond acceptors (Lipinski definition) is 8. The van der Waals surface area contributed by atoms with Crippen molar-refractivity contribution in [3.63, 3.8) is 0 Å². The van der Waals surface area contributed by atoms with Gasteiger partial charge in [0.05, 0.1) is 20.3 Å². The van der Waals surface area contributed by atoms with Gasteiger partial charge in [-0.1, -0.05) is 91.8 Å². The molecule has 0 bridgehead atoms. The van der Waals surface area contributed by atoms with Crippen molar-refractivity contribution in [3.05, 3.63) is 71.8 Å². The number of carbonyl (C=O) groups is 2. The van der Waals surface area contributed by atoms with Gasteiger partial charge in [-0.2, -0.15) is 0 Å². The molecule has 0 aliphatic rings. The van der Waals surface area contributed by atoms with Crippen LogP contribution >= 0.6 is 0 Å². The van der Waals surface area contributed by atoms with Gasteiger partial charge in [-0.05, 0) is 109 Å². The van der Waals surface area contributed by atoms with E-state index in [0.717, 1.165) is 68.4 Å². The number of carbonyl (C=O) groups excluding carboxylic acids is 2. The average molecular weight is 881 g/mol. The average Bonchev–Trinajstić information content (AvgIpc) is 3.23. The van der Waals surface area contributed by atoms with Crippen LogP contribution in [0.3, 0.4) is 0 Å². The lowest BCUT2D eigenvalue weighted by molar-refractivity contribution is -0.135. The summed E-state index contributed by atoms with van der Waals surface area (Å²) in [4.78, 5) is 28.2. The molecule has 0 aromatic heterocycles. The maximum atomic E-state index is 12.4. The van der Waals surface area contributed by atoms with Crippen molar-refractivity contribution in [1.29, 1.82) is 0 Å². The first-order valence-electron chi connectivity index (χ1n) is 23.3. The van der Waals surface area contributed by atoms with Crippen molar-refractivity contribution in [3.8, 4) is 23.0 Å². The van der Waals surface area contributed by atoms with Crippen molar-refractivity contribution in [2.75, 3.05) is 75.9 Å². The molecule has 2 aromatic rings. The number of ether oxygens (including phenoxy) is 5. The highest BCUT2D eigenvalue weighted by Crippen LogP contribution is 2.32. The topological polar surface area (TPSA) is 107 Å². The molecule has 0 unspecified atom stereocenters. The molecule has 0 radical (unpaired) electrons. The van der Waals surface area contributed by atoms with Gasteiger partial charge < -0.3 is 38.6 Å². The summed E-state index contributed by atoms with van der Waals surface area (Å²) >= 11 is 0. The molecule has 0 spiro atoms. The zero-order chi connectivity index (χ0) is 47.5. The molecule has 0 saturated carbocycles. The molecule has 2 rings (SSSR count). The number of hydrogen-bond donors (Lipinski definition) is 1. The third-order valence-electron chi connectivity index (χ3n) is 11.8. The molecule has 10 heteroatoms. The molecule has 63 heavy (non-hydrogen) atoms. The summed E-state index contributed by atoms with van der Waals surface area (Å²) < 4.78 is 27.3. The molecule has 0 aliphatic carbocycles. The Bertz CT molecular complexity index is 1620. The minimum absolute atomic E-state index is 0.0265. The second-order valence-corrected chi connectivity index (χ2v) is 18.6. The molecule has 2 amide bonds. The fourth-order valence-corrected chi connectivity index (χ4v) is 7.33. The van der Waals surface area contributed by atoms with Crippen LogP contribution in [0.5, 0.6) is 23.0 Å². The quantitative estimate of drug-likeness (QED) is 0.0636. The van der Waals surface area contributed by atoms with Crippen molar-refractivity contribution in [2.24, 2.45) is 47.3 Å². The van der Waals surface area contributed by atoms with E-state index in [1.165, 1.54) is 5.56 Å².